The van der Waals surface area contributed by atoms with Gasteiger partial charge in [-0.05, 0) is 20.4 Å². The topological polar surface area (TPSA) is 68.2 Å². The fourth-order valence-electron chi connectivity index (χ4n) is 2.83. The molecule has 1 fully saturated rings. The maximum atomic E-state index is 6.09. The van der Waals surface area contributed by atoms with E-state index in [2.05, 4.69) is 21.9 Å². The highest BCUT2D eigenvalue weighted by Gasteiger charge is 2.27. The number of likely N-dealkylation sites (tertiary alicyclic amines) is 1. The van der Waals surface area contributed by atoms with Crippen LogP contribution < -0.4 is 5.73 Å². The Hall–Kier alpha value is -1.46. The lowest BCUT2D eigenvalue weighted by molar-refractivity contribution is 0.224. The SMILES string of the molecule is Cc1nc2occc2nc1C1CC(N)CN(C)C1. The molecule has 0 saturated carbocycles. The number of piperidine rings is 1. The molecule has 18 heavy (non-hydrogen) atoms. The number of likely N-dealkylation sites (N-methyl/N-ethyl adjacent to an activating group) is 1. The minimum atomic E-state index is 0.218. The third kappa shape index (κ3) is 2.00. The first-order chi connectivity index (χ1) is 8.63. The van der Waals surface area contributed by atoms with Crippen LogP contribution in [0.3, 0.4) is 0 Å². The standard InChI is InChI=1S/C13H18N4O/c1-8-12(9-5-10(14)7-17(2)6-9)16-11-3-4-18-13(11)15-8/h3-4,9-10H,5-7,14H2,1-2H3. The third-order valence-corrected chi connectivity index (χ3v) is 3.56. The fraction of sp³-hybridized carbons (Fsp3) is 0.538. The van der Waals surface area contributed by atoms with Gasteiger partial charge in [0.1, 0.15) is 5.52 Å². The van der Waals surface area contributed by atoms with Gasteiger partial charge in [0.2, 0.25) is 5.71 Å². The van der Waals surface area contributed by atoms with Gasteiger partial charge in [-0.1, -0.05) is 0 Å². The number of fused-ring (bicyclic) bond motifs is 1. The summed E-state index contributed by atoms with van der Waals surface area (Å²) in [6.07, 6.45) is 2.61. The van der Waals surface area contributed by atoms with E-state index in [-0.39, 0.29) is 6.04 Å². The number of hydrogen-bond donors (Lipinski definition) is 1. The monoisotopic (exact) mass is 246 g/mol. The van der Waals surface area contributed by atoms with Gasteiger partial charge in [-0.3, -0.25) is 0 Å². The summed E-state index contributed by atoms with van der Waals surface area (Å²) in [7, 11) is 2.10. The number of rotatable bonds is 1. The maximum Gasteiger partial charge on any atom is 0.245 e. The first-order valence-corrected chi connectivity index (χ1v) is 6.29. The minimum Gasteiger partial charge on any atom is -0.445 e. The molecule has 96 valence electrons. The van der Waals surface area contributed by atoms with Crippen molar-refractivity contribution in [2.45, 2.75) is 25.3 Å². The Morgan fingerprint density at radius 2 is 2.22 bits per heavy atom. The molecule has 0 amide bonds. The van der Waals surface area contributed by atoms with Gasteiger partial charge in [0.05, 0.1) is 17.7 Å². The second-order valence-corrected chi connectivity index (χ2v) is 5.22. The second-order valence-electron chi connectivity index (χ2n) is 5.22. The Balaban J connectivity index is 1.99. The van der Waals surface area contributed by atoms with Crippen LogP contribution in [0.4, 0.5) is 0 Å². The molecule has 5 heteroatoms. The van der Waals surface area contributed by atoms with Crippen molar-refractivity contribution in [3.05, 3.63) is 23.7 Å². The highest BCUT2D eigenvalue weighted by molar-refractivity contribution is 5.68. The number of hydrogen-bond acceptors (Lipinski definition) is 5. The molecular weight excluding hydrogens is 228 g/mol. The van der Waals surface area contributed by atoms with Gasteiger partial charge < -0.3 is 15.1 Å². The number of furan rings is 1. The van der Waals surface area contributed by atoms with E-state index >= 15 is 0 Å². The molecule has 2 aromatic heterocycles. The van der Waals surface area contributed by atoms with Gasteiger partial charge in [0.25, 0.3) is 0 Å². The molecule has 0 radical (unpaired) electrons. The number of nitrogens with zero attached hydrogens (tertiary/aromatic N) is 3. The highest BCUT2D eigenvalue weighted by atomic mass is 16.3. The van der Waals surface area contributed by atoms with Gasteiger partial charge in [-0.2, -0.15) is 0 Å². The first kappa shape index (κ1) is 11.6. The molecule has 2 N–H and O–H groups in total. The van der Waals surface area contributed by atoms with E-state index in [0.29, 0.717) is 11.6 Å². The fourth-order valence-corrected chi connectivity index (χ4v) is 2.83. The van der Waals surface area contributed by atoms with Crippen LogP contribution in [0.25, 0.3) is 11.2 Å². The Labute approximate surface area is 106 Å². The summed E-state index contributed by atoms with van der Waals surface area (Å²) in [5.41, 5.74) is 9.54. The van der Waals surface area contributed by atoms with Crippen molar-refractivity contribution in [3.63, 3.8) is 0 Å². The van der Waals surface area contributed by atoms with E-state index in [0.717, 1.165) is 36.4 Å². The van der Waals surface area contributed by atoms with Crippen molar-refractivity contribution in [2.24, 2.45) is 5.73 Å². The van der Waals surface area contributed by atoms with E-state index in [9.17, 15) is 0 Å². The normalized spacial score (nSPS) is 25.7. The molecule has 0 aliphatic carbocycles. The van der Waals surface area contributed by atoms with Crippen LogP contribution in [0.5, 0.6) is 0 Å². The lowest BCUT2D eigenvalue weighted by Gasteiger charge is -2.33. The summed E-state index contributed by atoms with van der Waals surface area (Å²) in [4.78, 5) is 11.4. The molecule has 0 spiro atoms. The Bertz CT molecular complexity index is 555. The van der Waals surface area contributed by atoms with Gasteiger partial charge >= 0.3 is 0 Å². The maximum absolute atomic E-state index is 6.09. The molecule has 1 aliphatic heterocycles. The molecule has 1 saturated heterocycles. The van der Waals surface area contributed by atoms with Crippen molar-refractivity contribution in [1.29, 1.82) is 0 Å². The van der Waals surface area contributed by atoms with Crippen molar-refractivity contribution in [3.8, 4) is 0 Å². The molecule has 3 rings (SSSR count). The first-order valence-electron chi connectivity index (χ1n) is 6.29. The Kier molecular flexibility index (Phi) is 2.80. The van der Waals surface area contributed by atoms with Crippen molar-refractivity contribution < 1.29 is 4.42 Å². The molecule has 0 bridgehead atoms. The van der Waals surface area contributed by atoms with E-state index < -0.39 is 0 Å². The van der Waals surface area contributed by atoms with Crippen LogP contribution >= 0.6 is 0 Å². The zero-order valence-corrected chi connectivity index (χ0v) is 10.8. The van der Waals surface area contributed by atoms with Gasteiger partial charge in [0, 0.05) is 31.1 Å². The molecule has 2 aromatic rings. The average molecular weight is 246 g/mol. The van der Waals surface area contributed by atoms with E-state index in [1.54, 1.807) is 6.26 Å². The van der Waals surface area contributed by atoms with Gasteiger partial charge in [-0.15, -0.1) is 0 Å². The van der Waals surface area contributed by atoms with E-state index in [1.807, 2.05) is 13.0 Å². The molecule has 0 aromatic carbocycles. The van der Waals surface area contributed by atoms with Crippen LogP contribution in [0.1, 0.15) is 23.7 Å². The molecule has 2 atom stereocenters. The quantitative estimate of drug-likeness (QED) is 0.821. The smallest absolute Gasteiger partial charge is 0.245 e. The highest BCUT2D eigenvalue weighted by Crippen LogP contribution is 2.27. The Morgan fingerprint density at radius 1 is 1.39 bits per heavy atom. The van der Waals surface area contributed by atoms with Crippen molar-refractivity contribution in [1.82, 2.24) is 14.9 Å². The van der Waals surface area contributed by atoms with Crippen LogP contribution in [0, 0.1) is 6.92 Å². The lowest BCUT2D eigenvalue weighted by atomic mass is 9.91. The number of nitrogens with two attached hydrogens (primary N) is 1. The number of aromatic nitrogens is 2. The predicted molar refractivity (Wildman–Crippen MR) is 69.4 cm³/mol. The van der Waals surface area contributed by atoms with Crippen LogP contribution in [0.15, 0.2) is 16.7 Å². The third-order valence-electron chi connectivity index (χ3n) is 3.56. The zero-order chi connectivity index (χ0) is 12.7. The van der Waals surface area contributed by atoms with Crippen LogP contribution in [-0.2, 0) is 0 Å². The van der Waals surface area contributed by atoms with Crippen LogP contribution in [0.2, 0.25) is 0 Å². The molecular formula is C13H18N4O. The predicted octanol–water partition coefficient (Wildman–Crippen LogP) is 1.28. The van der Waals surface area contributed by atoms with E-state index in [4.69, 9.17) is 10.2 Å². The second kappa shape index (κ2) is 4.33. The van der Waals surface area contributed by atoms with Crippen molar-refractivity contribution >= 4 is 11.2 Å². The van der Waals surface area contributed by atoms with Crippen LogP contribution in [-0.4, -0.2) is 41.0 Å². The minimum absolute atomic E-state index is 0.218. The van der Waals surface area contributed by atoms with Gasteiger partial charge in [0.15, 0.2) is 0 Å². The molecule has 5 nitrogen and oxygen atoms in total. The summed E-state index contributed by atoms with van der Waals surface area (Å²) in [6.45, 7) is 3.94. The summed E-state index contributed by atoms with van der Waals surface area (Å²) in [6, 6.07) is 2.08. The molecule has 3 heterocycles. The molecule has 1 aliphatic rings. The summed E-state index contributed by atoms with van der Waals surface area (Å²) in [5, 5.41) is 0. The zero-order valence-electron chi connectivity index (χ0n) is 10.8. The molecule has 2 unspecified atom stereocenters. The van der Waals surface area contributed by atoms with Gasteiger partial charge in [-0.25, -0.2) is 9.97 Å². The summed E-state index contributed by atoms with van der Waals surface area (Å²) >= 11 is 0. The lowest BCUT2D eigenvalue weighted by Crippen LogP contribution is -2.44. The largest absolute Gasteiger partial charge is 0.445 e. The Morgan fingerprint density at radius 3 is 3.00 bits per heavy atom. The number of aryl methyl sites for hydroxylation is 1. The van der Waals surface area contributed by atoms with Crippen molar-refractivity contribution in [2.75, 3.05) is 20.1 Å². The summed E-state index contributed by atoms with van der Waals surface area (Å²) < 4.78 is 5.27. The van der Waals surface area contributed by atoms with E-state index in [1.165, 1.54) is 0 Å². The average Bonchev–Trinajstić information content (AvgIpc) is 2.73. The summed E-state index contributed by atoms with van der Waals surface area (Å²) in [5.74, 6) is 0.366.